The maximum atomic E-state index is 12.7. The number of nitrogens with zero attached hydrogens (tertiary/aromatic N) is 2. The topological polar surface area (TPSA) is 85.7 Å². The molecule has 12 heteroatoms. The van der Waals surface area contributed by atoms with Gasteiger partial charge < -0.3 is 9.30 Å². The summed E-state index contributed by atoms with van der Waals surface area (Å²) in [5.41, 5.74) is 0.526. The van der Waals surface area contributed by atoms with Crippen LogP contribution in [0.1, 0.15) is 34.6 Å². The number of rotatable bonds is 7. The second-order valence-corrected chi connectivity index (χ2v) is 10.7. The van der Waals surface area contributed by atoms with Gasteiger partial charge >= 0.3 is 12.1 Å². The lowest BCUT2D eigenvalue weighted by Gasteiger charge is -2.29. The maximum Gasteiger partial charge on any atom is 0.406 e. The summed E-state index contributed by atoms with van der Waals surface area (Å²) in [7, 11) is -3.59. The average Bonchev–Trinajstić information content (AvgIpc) is 3.36. The van der Waals surface area contributed by atoms with E-state index in [1.807, 2.05) is 0 Å². The number of Topliss-reactive ketones (excluding diaryl/α,β-unsaturated/α-hetero) is 1. The third kappa shape index (κ3) is 5.41. The van der Waals surface area contributed by atoms with Crippen LogP contribution in [0, 0.1) is 19.8 Å². The van der Waals surface area contributed by atoms with Crippen molar-refractivity contribution in [3.63, 3.8) is 0 Å². The molecule has 0 amide bonds. The highest BCUT2D eigenvalue weighted by Crippen LogP contribution is 2.27. The summed E-state index contributed by atoms with van der Waals surface area (Å²) in [6, 6.07) is 4.53. The third-order valence-electron chi connectivity index (χ3n) is 5.43. The summed E-state index contributed by atoms with van der Waals surface area (Å²) >= 11 is 1.12. The Labute approximate surface area is 187 Å². The number of carbonyl (C=O) groups excluding carboxylic acids is 2. The van der Waals surface area contributed by atoms with E-state index in [1.54, 1.807) is 11.4 Å². The van der Waals surface area contributed by atoms with Crippen LogP contribution in [-0.4, -0.2) is 54.9 Å². The molecule has 1 aliphatic rings. The highest BCUT2D eigenvalue weighted by molar-refractivity contribution is 7.91. The first-order valence-electron chi connectivity index (χ1n) is 9.87. The van der Waals surface area contributed by atoms with E-state index in [0.29, 0.717) is 0 Å². The largest absolute Gasteiger partial charge is 0.457 e. The normalized spacial score (nSPS) is 16.3. The Morgan fingerprint density at radius 1 is 1.22 bits per heavy atom. The van der Waals surface area contributed by atoms with E-state index in [1.165, 1.54) is 30.3 Å². The van der Waals surface area contributed by atoms with E-state index in [-0.39, 0.29) is 47.1 Å². The molecule has 0 unspecified atom stereocenters. The van der Waals surface area contributed by atoms with Gasteiger partial charge in [-0.05, 0) is 44.2 Å². The number of hydrogen-bond acceptors (Lipinski definition) is 6. The first-order chi connectivity index (χ1) is 14.9. The van der Waals surface area contributed by atoms with Gasteiger partial charge in [-0.1, -0.05) is 6.07 Å². The molecule has 7 nitrogen and oxygen atoms in total. The minimum atomic E-state index is -4.42. The zero-order chi connectivity index (χ0) is 23.7. The van der Waals surface area contributed by atoms with Crippen LogP contribution in [-0.2, 0) is 26.1 Å². The average molecular weight is 493 g/mol. The van der Waals surface area contributed by atoms with Crippen LogP contribution in [0.15, 0.2) is 27.8 Å². The van der Waals surface area contributed by atoms with E-state index in [4.69, 9.17) is 4.74 Å². The number of piperidine rings is 1. The molecule has 0 N–H and O–H groups in total. The van der Waals surface area contributed by atoms with Gasteiger partial charge in [0.2, 0.25) is 5.78 Å². The number of alkyl halides is 3. The van der Waals surface area contributed by atoms with Crippen LogP contribution in [0.4, 0.5) is 13.2 Å². The molecule has 1 saturated heterocycles. The number of thiophene rings is 1. The Morgan fingerprint density at radius 2 is 1.88 bits per heavy atom. The van der Waals surface area contributed by atoms with Crippen LogP contribution < -0.4 is 0 Å². The number of hydrogen-bond donors (Lipinski definition) is 0. The van der Waals surface area contributed by atoms with Crippen molar-refractivity contribution in [2.45, 2.75) is 43.6 Å². The fourth-order valence-corrected chi connectivity index (χ4v) is 6.32. The van der Waals surface area contributed by atoms with Crippen LogP contribution >= 0.6 is 11.3 Å². The van der Waals surface area contributed by atoms with Gasteiger partial charge in [0.1, 0.15) is 10.8 Å². The molecule has 0 saturated carbocycles. The summed E-state index contributed by atoms with van der Waals surface area (Å²) in [5.74, 6) is -1.75. The number of ether oxygens (including phenoxy) is 1. The number of carbonyl (C=O) groups is 2. The molecule has 0 aliphatic carbocycles. The maximum absolute atomic E-state index is 12.7. The molecule has 176 valence electrons. The fourth-order valence-electron chi connectivity index (χ4n) is 3.71. The van der Waals surface area contributed by atoms with E-state index >= 15 is 0 Å². The molecule has 0 radical (unpaired) electrons. The van der Waals surface area contributed by atoms with Gasteiger partial charge in [0.15, 0.2) is 6.61 Å². The summed E-state index contributed by atoms with van der Waals surface area (Å²) in [4.78, 5) is 24.8. The van der Waals surface area contributed by atoms with Crippen molar-refractivity contribution in [2.24, 2.45) is 5.92 Å². The van der Waals surface area contributed by atoms with Crippen LogP contribution in [0.25, 0.3) is 0 Å². The molecule has 0 atom stereocenters. The number of aromatic nitrogens is 1. The van der Waals surface area contributed by atoms with Crippen molar-refractivity contribution in [2.75, 3.05) is 19.7 Å². The predicted molar refractivity (Wildman–Crippen MR) is 111 cm³/mol. The van der Waals surface area contributed by atoms with Gasteiger partial charge in [-0.15, -0.1) is 11.3 Å². The van der Waals surface area contributed by atoms with Crippen molar-refractivity contribution in [1.82, 2.24) is 8.87 Å². The highest BCUT2D eigenvalue weighted by atomic mass is 32.2. The Bertz CT molecular complexity index is 1080. The SMILES string of the molecule is Cc1cc(C(=O)COC(=O)C2CCN(S(=O)(=O)c3cccs3)CC2)c(C)n1CC(F)(F)F. The minimum absolute atomic E-state index is 0.0800. The Balaban J connectivity index is 1.55. The van der Waals surface area contributed by atoms with E-state index in [9.17, 15) is 31.2 Å². The first kappa shape index (κ1) is 24.5. The molecule has 1 aliphatic heterocycles. The zero-order valence-corrected chi connectivity index (χ0v) is 19.1. The second-order valence-electron chi connectivity index (χ2n) is 7.63. The molecule has 0 aromatic carbocycles. The lowest BCUT2D eigenvalue weighted by atomic mass is 9.98. The number of esters is 1. The Morgan fingerprint density at radius 3 is 2.44 bits per heavy atom. The summed E-state index contributed by atoms with van der Waals surface area (Å²) in [5, 5.41) is 1.68. The van der Waals surface area contributed by atoms with Gasteiger partial charge in [-0.25, -0.2) is 8.42 Å². The van der Waals surface area contributed by atoms with Gasteiger partial charge in [0.05, 0.1) is 5.92 Å². The predicted octanol–water partition coefficient (Wildman–Crippen LogP) is 3.56. The molecule has 2 aromatic rings. The smallest absolute Gasteiger partial charge is 0.406 e. The van der Waals surface area contributed by atoms with Crippen molar-refractivity contribution in [3.8, 4) is 0 Å². The van der Waals surface area contributed by atoms with E-state index < -0.39 is 47.0 Å². The number of halogens is 3. The molecule has 3 rings (SSSR count). The quantitative estimate of drug-likeness (QED) is 0.436. The van der Waals surface area contributed by atoms with E-state index in [2.05, 4.69) is 0 Å². The molecule has 0 spiro atoms. The Hall–Kier alpha value is -2.18. The van der Waals surface area contributed by atoms with Crippen LogP contribution in [0.3, 0.4) is 0 Å². The molecule has 32 heavy (non-hydrogen) atoms. The zero-order valence-electron chi connectivity index (χ0n) is 17.5. The number of ketones is 1. The molecule has 2 aromatic heterocycles. The van der Waals surface area contributed by atoms with Crippen molar-refractivity contribution >= 4 is 33.1 Å². The molecule has 3 heterocycles. The molecular formula is C20H23F3N2O5S2. The summed E-state index contributed by atoms with van der Waals surface area (Å²) in [6.45, 7) is 1.42. The van der Waals surface area contributed by atoms with Gasteiger partial charge in [0.25, 0.3) is 10.0 Å². The monoisotopic (exact) mass is 492 g/mol. The standard InChI is InChI=1S/C20H23F3N2O5S2/c1-13-10-16(14(2)25(13)12-20(21,22)23)17(26)11-30-19(27)15-5-7-24(8-6-15)32(28,29)18-4-3-9-31-18/h3-4,9-10,15H,5-8,11-12H2,1-2H3. The first-order valence-corrected chi connectivity index (χ1v) is 12.2. The molecule has 1 fully saturated rings. The second kappa shape index (κ2) is 9.36. The lowest BCUT2D eigenvalue weighted by molar-refractivity contribution is -0.148. The summed E-state index contributed by atoms with van der Waals surface area (Å²) in [6.07, 6.45) is -3.90. The number of sulfonamides is 1. The van der Waals surface area contributed by atoms with Gasteiger partial charge in [0, 0.05) is 30.0 Å². The van der Waals surface area contributed by atoms with Crippen molar-refractivity contribution < 1.29 is 35.9 Å². The van der Waals surface area contributed by atoms with Crippen molar-refractivity contribution in [1.29, 1.82) is 0 Å². The third-order valence-corrected chi connectivity index (χ3v) is 8.71. The Kier molecular flexibility index (Phi) is 7.15. The van der Waals surface area contributed by atoms with Crippen LogP contribution in [0.5, 0.6) is 0 Å². The van der Waals surface area contributed by atoms with Gasteiger partial charge in [-0.2, -0.15) is 17.5 Å². The lowest BCUT2D eigenvalue weighted by Crippen LogP contribution is -2.40. The minimum Gasteiger partial charge on any atom is -0.457 e. The van der Waals surface area contributed by atoms with Crippen LogP contribution in [0.2, 0.25) is 0 Å². The highest BCUT2D eigenvalue weighted by Gasteiger charge is 2.34. The fraction of sp³-hybridized carbons (Fsp3) is 0.500. The van der Waals surface area contributed by atoms with Crippen molar-refractivity contribution in [3.05, 3.63) is 40.5 Å². The number of aryl methyl sites for hydroxylation is 1. The molecular weight excluding hydrogens is 469 g/mol. The summed E-state index contributed by atoms with van der Waals surface area (Å²) < 4.78 is 71.0. The molecule has 0 bridgehead atoms. The van der Waals surface area contributed by atoms with Gasteiger partial charge in [-0.3, -0.25) is 9.59 Å². The van der Waals surface area contributed by atoms with E-state index in [0.717, 1.165) is 15.9 Å².